The van der Waals surface area contributed by atoms with Gasteiger partial charge < -0.3 is 14.7 Å². The zero-order chi connectivity index (χ0) is 23.1. The number of carboxylic acid groups (broad SMARTS) is 2. The standard InChI is InChI=1S/C18H23FN2O3.C4H4O4/c1-2-18(8-3-11-22-24-18)21-9-6-13(7-10-21)17-15-5-4-14(19)12-16(15)23-20-17;5-3(6)1-2-4(7)8/h4-5,12-13H,2-3,6-11H2,1H3;1-2H,(H,5,6)(H,7,8). The number of nitrogens with zero attached hydrogens (tertiary/aromatic N) is 2. The minimum atomic E-state index is -1.26. The number of halogens is 1. The van der Waals surface area contributed by atoms with E-state index in [1.165, 1.54) is 12.1 Å². The minimum absolute atomic E-state index is 0.280. The van der Waals surface area contributed by atoms with Crippen LogP contribution >= 0.6 is 0 Å². The third kappa shape index (κ3) is 5.70. The average Bonchev–Trinajstić information content (AvgIpc) is 3.21. The zero-order valence-corrected chi connectivity index (χ0v) is 17.8. The van der Waals surface area contributed by atoms with E-state index in [0.717, 1.165) is 56.3 Å². The second-order valence-corrected chi connectivity index (χ2v) is 7.79. The van der Waals surface area contributed by atoms with E-state index < -0.39 is 11.9 Å². The van der Waals surface area contributed by atoms with Crippen LogP contribution in [0.5, 0.6) is 0 Å². The van der Waals surface area contributed by atoms with E-state index >= 15 is 0 Å². The molecule has 3 heterocycles. The zero-order valence-electron chi connectivity index (χ0n) is 17.8. The Morgan fingerprint density at radius 2 is 1.94 bits per heavy atom. The van der Waals surface area contributed by atoms with E-state index in [2.05, 4.69) is 17.0 Å². The van der Waals surface area contributed by atoms with Crippen molar-refractivity contribution in [2.45, 2.75) is 50.7 Å². The summed E-state index contributed by atoms with van der Waals surface area (Å²) in [6.45, 7) is 4.72. The van der Waals surface area contributed by atoms with Gasteiger partial charge in [-0.2, -0.15) is 0 Å². The quantitative estimate of drug-likeness (QED) is 0.518. The molecule has 1 aromatic heterocycles. The highest BCUT2D eigenvalue weighted by atomic mass is 19.1. The van der Waals surface area contributed by atoms with E-state index in [4.69, 9.17) is 24.5 Å². The summed E-state index contributed by atoms with van der Waals surface area (Å²) in [7, 11) is 0. The molecule has 0 bridgehead atoms. The van der Waals surface area contributed by atoms with Gasteiger partial charge in [0.1, 0.15) is 5.82 Å². The van der Waals surface area contributed by atoms with E-state index in [9.17, 15) is 14.0 Å². The molecule has 2 N–H and O–H groups in total. The van der Waals surface area contributed by atoms with E-state index in [1.54, 1.807) is 6.07 Å². The summed E-state index contributed by atoms with van der Waals surface area (Å²) in [4.78, 5) is 32.5. The Kier molecular flexibility index (Phi) is 7.94. The molecule has 2 aromatic rings. The summed E-state index contributed by atoms with van der Waals surface area (Å²) in [5.41, 5.74) is 1.20. The molecule has 10 heteroatoms. The van der Waals surface area contributed by atoms with Crippen LogP contribution in [0.4, 0.5) is 4.39 Å². The maximum absolute atomic E-state index is 13.3. The summed E-state index contributed by atoms with van der Waals surface area (Å²) in [5.74, 6) is -2.47. The molecule has 9 nitrogen and oxygen atoms in total. The first-order chi connectivity index (χ1) is 15.3. The van der Waals surface area contributed by atoms with Gasteiger partial charge in [0.15, 0.2) is 11.3 Å². The molecule has 2 aliphatic rings. The van der Waals surface area contributed by atoms with Crippen molar-refractivity contribution < 1.29 is 38.5 Å². The second-order valence-electron chi connectivity index (χ2n) is 7.79. The summed E-state index contributed by atoms with van der Waals surface area (Å²) in [6.07, 6.45) is 6.07. The van der Waals surface area contributed by atoms with Crippen molar-refractivity contribution in [3.8, 4) is 0 Å². The van der Waals surface area contributed by atoms with Crippen LogP contribution in [0.15, 0.2) is 34.9 Å². The summed E-state index contributed by atoms with van der Waals surface area (Å²) >= 11 is 0. The van der Waals surface area contributed by atoms with Crippen molar-refractivity contribution >= 4 is 22.9 Å². The predicted molar refractivity (Wildman–Crippen MR) is 111 cm³/mol. The fraction of sp³-hybridized carbons (Fsp3) is 0.500. The largest absolute Gasteiger partial charge is 0.478 e. The van der Waals surface area contributed by atoms with Crippen molar-refractivity contribution in [1.82, 2.24) is 10.1 Å². The Balaban J connectivity index is 0.000000312. The molecule has 0 saturated carbocycles. The Bertz CT molecular complexity index is 944. The fourth-order valence-corrected chi connectivity index (χ4v) is 4.20. The van der Waals surface area contributed by atoms with Crippen LogP contribution in [0.1, 0.15) is 50.6 Å². The number of piperidine rings is 1. The maximum Gasteiger partial charge on any atom is 0.328 e. The molecule has 0 amide bonds. The lowest BCUT2D eigenvalue weighted by Crippen LogP contribution is -2.54. The lowest BCUT2D eigenvalue weighted by Gasteiger charge is -2.46. The Hall–Kier alpha value is -2.82. The van der Waals surface area contributed by atoms with Crippen molar-refractivity contribution in [3.63, 3.8) is 0 Å². The third-order valence-electron chi connectivity index (χ3n) is 5.85. The first kappa shape index (κ1) is 23.8. The number of carboxylic acids is 2. The molecule has 4 rings (SSSR count). The number of rotatable bonds is 5. The minimum Gasteiger partial charge on any atom is -0.478 e. The lowest BCUT2D eigenvalue weighted by atomic mass is 9.89. The molecular weight excluding hydrogens is 423 g/mol. The molecule has 1 unspecified atom stereocenters. The van der Waals surface area contributed by atoms with Gasteiger partial charge in [-0.05, 0) is 44.2 Å². The topological polar surface area (TPSA) is 122 Å². The van der Waals surface area contributed by atoms with Crippen LogP contribution in [-0.2, 0) is 19.4 Å². The van der Waals surface area contributed by atoms with Crippen LogP contribution in [0.2, 0.25) is 0 Å². The van der Waals surface area contributed by atoms with Crippen LogP contribution < -0.4 is 0 Å². The van der Waals surface area contributed by atoms with Crippen LogP contribution in [-0.4, -0.2) is 57.6 Å². The van der Waals surface area contributed by atoms with Gasteiger partial charge in [-0.3, -0.25) is 4.90 Å². The van der Waals surface area contributed by atoms with E-state index in [1.807, 2.05) is 0 Å². The van der Waals surface area contributed by atoms with E-state index in [0.29, 0.717) is 30.3 Å². The van der Waals surface area contributed by atoms with Crippen LogP contribution in [0, 0.1) is 5.82 Å². The maximum atomic E-state index is 13.3. The molecule has 2 fully saturated rings. The monoisotopic (exact) mass is 450 g/mol. The molecule has 0 aliphatic carbocycles. The number of hydrogen-bond donors (Lipinski definition) is 2. The number of hydrogen-bond acceptors (Lipinski definition) is 7. The van der Waals surface area contributed by atoms with Gasteiger partial charge in [-0.1, -0.05) is 12.1 Å². The van der Waals surface area contributed by atoms with Gasteiger partial charge in [0.25, 0.3) is 0 Å². The normalized spacial score (nSPS) is 22.6. The number of carbonyl (C=O) groups is 2. The van der Waals surface area contributed by atoms with Gasteiger partial charge in [-0.25, -0.2) is 23.8 Å². The third-order valence-corrected chi connectivity index (χ3v) is 5.85. The predicted octanol–water partition coefficient (Wildman–Crippen LogP) is 3.71. The smallest absolute Gasteiger partial charge is 0.328 e. The highest BCUT2D eigenvalue weighted by Crippen LogP contribution is 2.38. The highest BCUT2D eigenvalue weighted by Gasteiger charge is 2.41. The first-order valence-electron chi connectivity index (χ1n) is 10.6. The fourth-order valence-electron chi connectivity index (χ4n) is 4.20. The highest BCUT2D eigenvalue weighted by molar-refractivity contribution is 5.89. The molecule has 174 valence electrons. The Morgan fingerprint density at radius 1 is 1.25 bits per heavy atom. The molecule has 1 atom stereocenters. The Labute approximate surface area is 184 Å². The molecule has 2 saturated heterocycles. The SMILES string of the molecule is CCC1(N2CCC(c3noc4cc(F)ccc34)CC2)CCCOO1.O=C(O)C=CC(=O)O. The second kappa shape index (κ2) is 10.7. The van der Waals surface area contributed by atoms with E-state index in [-0.39, 0.29) is 11.5 Å². The van der Waals surface area contributed by atoms with Gasteiger partial charge in [-0.15, -0.1) is 0 Å². The molecule has 1 aromatic carbocycles. The van der Waals surface area contributed by atoms with Crippen molar-refractivity contribution in [2.24, 2.45) is 0 Å². The molecular formula is C22H27FN2O7. The van der Waals surface area contributed by atoms with Crippen LogP contribution in [0.25, 0.3) is 11.0 Å². The van der Waals surface area contributed by atoms with Gasteiger partial charge >= 0.3 is 11.9 Å². The van der Waals surface area contributed by atoms with Crippen molar-refractivity contribution in [1.29, 1.82) is 0 Å². The average molecular weight is 450 g/mol. The summed E-state index contributed by atoms with van der Waals surface area (Å²) in [5, 5.41) is 20.8. The van der Waals surface area contributed by atoms with Gasteiger partial charge in [0.2, 0.25) is 0 Å². The Morgan fingerprint density at radius 3 is 2.50 bits per heavy atom. The summed E-state index contributed by atoms with van der Waals surface area (Å²) < 4.78 is 18.6. The number of likely N-dealkylation sites (tertiary alicyclic amines) is 1. The number of aliphatic carboxylic acids is 2. The number of benzene rings is 1. The number of aromatic nitrogens is 1. The first-order valence-corrected chi connectivity index (χ1v) is 10.6. The molecule has 0 radical (unpaired) electrons. The lowest BCUT2D eigenvalue weighted by molar-refractivity contribution is -0.420. The molecule has 2 aliphatic heterocycles. The molecule has 0 spiro atoms. The van der Waals surface area contributed by atoms with Crippen molar-refractivity contribution in [2.75, 3.05) is 19.7 Å². The van der Waals surface area contributed by atoms with Crippen molar-refractivity contribution in [3.05, 3.63) is 41.9 Å². The van der Waals surface area contributed by atoms with Gasteiger partial charge in [0, 0.05) is 42.6 Å². The number of fused-ring (bicyclic) bond motifs is 1. The molecule has 32 heavy (non-hydrogen) atoms. The van der Waals surface area contributed by atoms with Crippen LogP contribution in [0.3, 0.4) is 0 Å². The van der Waals surface area contributed by atoms with Gasteiger partial charge in [0.05, 0.1) is 12.3 Å². The summed E-state index contributed by atoms with van der Waals surface area (Å²) in [6, 6.07) is 4.65.